The summed E-state index contributed by atoms with van der Waals surface area (Å²) in [6.07, 6.45) is 3.28. The zero-order valence-corrected chi connectivity index (χ0v) is 16.7. The molecule has 2 aromatic rings. The van der Waals surface area contributed by atoms with Gasteiger partial charge in [0.25, 0.3) is 0 Å². The number of fused-ring (bicyclic) bond motifs is 3. The molecule has 0 saturated carbocycles. The highest BCUT2D eigenvalue weighted by Crippen LogP contribution is 2.33. The van der Waals surface area contributed by atoms with Gasteiger partial charge in [-0.3, -0.25) is 9.69 Å². The molecule has 2 fully saturated rings. The summed E-state index contributed by atoms with van der Waals surface area (Å²) in [6, 6.07) is 3.37. The number of piperazine rings is 1. The number of likely N-dealkylation sites (N-methyl/N-ethyl adjacent to an activating group) is 1. The van der Waals surface area contributed by atoms with Crippen molar-refractivity contribution < 1.29 is 24.2 Å². The molecule has 10 heteroatoms. The predicted molar refractivity (Wildman–Crippen MR) is 109 cm³/mol. The second-order valence-electron chi connectivity index (χ2n) is 7.34. The Morgan fingerprint density at radius 2 is 1.86 bits per heavy atom. The Morgan fingerprint density at radius 3 is 2.41 bits per heavy atom. The SMILES string of the molecule is CN1[C@@H]2CC[C@H]1CN(c1cc3c(cc1F)c(=O)c(C(=O)O)cn3CCF)C2.Cl.O. The third kappa shape index (κ3) is 3.82. The number of alkyl halides is 1. The van der Waals surface area contributed by atoms with E-state index in [1.165, 1.54) is 4.57 Å². The fourth-order valence-electron chi connectivity index (χ4n) is 4.38. The molecule has 0 spiro atoms. The number of aromatic nitrogens is 1. The van der Waals surface area contributed by atoms with Gasteiger partial charge < -0.3 is 20.0 Å². The van der Waals surface area contributed by atoms with Crippen LogP contribution in [0.2, 0.25) is 0 Å². The Hall–Kier alpha value is -2.23. The highest BCUT2D eigenvalue weighted by atomic mass is 35.5. The Labute approximate surface area is 172 Å². The van der Waals surface area contributed by atoms with Gasteiger partial charge in [-0.15, -0.1) is 12.4 Å². The van der Waals surface area contributed by atoms with E-state index >= 15 is 0 Å². The zero-order chi connectivity index (χ0) is 19.3. The first-order valence-electron chi connectivity index (χ1n) is 9.03. The third-order valence-electron chi connectivity index (χ3n) is 5.89. The minimum atomic E-state index is -1.41. The zero-order valence-electron chi connectivity index (χ0n) is 15.9. The van der Waals surface area contributed by atoms with Gasteiger partial charge in [0, 0.05) is 36.8 Å². The standard InChI is InChI=1S/C19H21F2N3O3.ClH.H2O/c1-22-11-2-3-12(22)9-24(8-11)17-7-16-13(6-15(17)21)18(25)14(19(26)27)10-23(16)5-4-20;;/h6-7,10-12H,2-5,8-9H2,1H3,(H,26,27);1H;1H2/t11-,12+;;. The van der Waals surface area contributed by atoms with Crippen molar-refractivity contribution >= 4 is 35.0 Å². The Bertz CT molecular complexity index is 970. The number of benzene rings is 1. The van der Waals surface area contributed by atoms with Crippen LogP contribution in [0, 0.1) is 5.82 Å². The summed E-state index contributed by atoms with van der Waals surface area (Å²) >= 11 is 0. The number of hydrogen-bond donors (Lipinski definition) is 1. The number of nitrogens with zero attached hydrogens (tertiary/aromatic N) is 3. The first-order valence-corrected chi connectivity index (χ1v) is 9.03. The first-order chi connectivity index (χ1) is 12.9. The number of carboxylic acids is 1. The number of halogens is 3. The molecule has 2 saturated heterocycles. The fraction of sp³-hybridized carbons (Fsp3) is 0.474. The lowest BCUT2D eigenvalue weighted by atomic mass is 10.1. The van der Waals surface area contributed by atoms with Crippen LogP contribution in [0.4, 0.5) is 14.5 Å². The monoisotopic (exact) mass is 431 g/mol. The van der Waals surface area contributed by atoms with Crippen molar-refractivity contribution in [3.05, 3.63) is 39.9 Å². The molecule has 2 bridgehead atoms. The van der Waals surface area contributed by atoms with Gasteiger partial charge in [-0.25, -0.2) is 13.6 Å². The second-order valence-corrected chi connectivity index (χ2v) is 7.34. The molecule has 3 heterocycles. The van der Waals surface area contributed by atoms with Gasteiger partial charge in [0.2, 0.25) is 5.43 Å². The average Bonchev–Trinajstić information content (AvgIpc) is 2.83. The van der Waals surface area contributed by atoms with E-state index in [2.05, 4.69) is 11.9 Å². The number of pyridine rings is 1. The molecule has 3 N–H and O–H groups in total. The number of anilines is 1. The van der Waals surface area contributed by atoms with E-state index in [0.29, 0.717) is 36.4 Å². The Kier molecular flexibility index (Phi) is 6.87. The maximum Gasteiger partial charge on any atom is 0.341 e. The number of aryl methyl sites for hydroxylation is 1. The summed E-state index contributed by atoms with van der Waals surface area (Å²) in [7, 11) is 2.09. The van der Waals surface area contributed by atoms with Gasteiger partial charge in [0.1, 0.15) is 18.1 Å². The van der Waals surface area contributed by atoms with Gasteiger partial charge in [0.05, 0.1) is 17.7 Å². The molecule has 7 nitrogen and oxygen atoms in total. The summed E-state index contributed by atoms with van der Waals surface area (Å²) in [6.45, 7) is 0.560. The van der Waals surface area contributed by atoms with Crippen molar-refractivity contribution in [2.24, 2.45) is 0 Å². The van der Waals surface area contributed by atoms with Gasteiger partial charge in [-0.05, 0) is 32.0 Å². The van der Waals surface area contributed by atoms with Crippen LogP contribution < -0.4 is 10.3 Å². The summed E-state index contributed by atoms with van der Waals surface area (Å²) in [5.74, 6) is -1.97. The smallest absolute Gasteiger partial charge is 0.341 e. The van der Waals surface area contributed by atoms with Crippen molar-refractivity contribution in [1.82, 2.24) is 9.47 Å². The second kappa shape index (κ2) is 8.64. The lowest BCUT2D eigenvalue weighted by Gasteiger charge is -2.40. The number of carboxylic acid groups (broad SMARTS) is 1. The van der Waals surface area contributed by atoms with E-state index in [-0.39, 0.29) is 29.8 Å². The molecule has 4 rings (SSSR count). The summed E-state index contributed by atoms with van der Waals surface area (Å²) in [5.41, 5.74) is -0.509. The number of rotatable bonds is 4. The lowest BCUT2D eigenvalue weighted by Crippen LogP contribution is -2.52. The number of hydrogen-bond acceptors (Lipinski definition) is 4. The molecule has 160 valence electrons. The molecule has 29 heavy (non-hydrogen) atoms. The van der Waals surface area contributed by atoms with Crippen molar-refractivity contribution in [2.45, 2.75) is 31.5 Å². The van der Waals surface area contributed by atoms with Gasteiger partial charge in [0.15, 0.2) is 0 Å². The van der Waals surface area contributed by atoms with E-state index in [9.17, 15) is 23.5 Å². The van der Waals surface area contributed by atoms with Crippen molar-refractivity contribution in [3.63, 3.8) is 0 Å². The molecule has 0 aliphatic carbocycles. The van der Waals surface area contributed by atoms with E-state index in [4.69, 9.17) is 0 Å². The van der Waals surface area contributed by atoms with Gasteiger partial charge in [-0.1, -0.05) is 0 Å². The van der Waals surface area contributed by atoms with Crippen LogP contribution >= 0.6 is 12.4 Å². The van der Waals surface area contributed by atoms with Crippen LogP contribution in [0.25, 0.3) is 10.9 Å². The number of aromatic carboxylic acids is 1. The highest BCUT2D eigenvalue weighted by Gasteiger charge is 2.38. The van der Waals surface area contributed by atoms with E-state index in [0.717, 1.165) is 25.1 Å². The van der Waals surface area contributed by atoms with Gasteiger partial charge >= 0.3 is 5.97 Å². The highest BCUT2D eigenvalue weighted by molar-refractivity contribution is 5.93. The summed E-state index contributed by atoms with van der Waals surface area (Å²) < 4.78 is 29.3. The molecular formula is C19H24ClF2N3O4. The number of carbonyl (C=O) groups is 1. The molecule has 0 radical (unpaired) electrons. The van der Waals surface area contributed by atoms with E-state index in [1.807, 2.05) is 4.90 Å². The van der Waals surface area contributed by atoms with Gasteiger partial charge in [-0.2, -0.15) is 0 Å². The lowest BCUT2D eigenvalue weighted by molar-refractivity contribution is 0.0694. The molecule has 1 aromatic carbocycles. The quantitative estimate of drug-likeness (QED) is 0.794. The minimum Gasteiger partial charge on any atom is -0.477 e. The normalized spacial score (nSPS) is 21.0. The molecule has 2 atom stereocenters. The Morgan fingerprint density at radius 1 is 1.24 bits per heavy atom. The maximum absolute atomic E-state index is 14.9. The summed E-state index contributed by atoms with van der Waals surface area (Å²) in [5, 5.41) is 9.18. The average molecular weight is 432 g/mol. The first kappa shape index (κ1) is 23.1. The molecule has 2 aliphatic rings. The van der Waals surface area contributed by atoms with Crippen molar-refractivity contribution in [2.75, 3.05) is 31.7 Å². The van der Waals surface area contributed by atoms with Crippen LogP contribution in [0.15, 0.2) is 23.1 Å². The summed E-state index contributed by atoms with van der Waals surface area (Å²) in [4.78, 5) is 28.1. The molecular weight excluding hydrogens is 408 g/mol. The predicted octanol–water partition coefficient (Wildman–Crippen LogP) is 1.69. The van der Waals surface area contributed by atoms with Crippen LogP contribution in [0.3, 0.4) is 0 Å². The van der Waals surface area contributed by atoms with Crippen LogP contribution in [-0.4, -0.2) is 64.9 Å². The van der Waals surface area contributed by atoms with Crippen LogP contribution in [-0.2, 0) is 6.54 Å². The van der Waals surface area contributed by atoms with E-state index in [1.54, 1.807) is 6.07 Å². The maximum atomic E-state index is 14.9. The minimum absolute atomic E-state index is 0. The topological polar surface area (TPSA) is 97.3 Å². The van der Waals surface area contributed by atoms with Crippen LogP contribution in [0.5, 0.6) is 0 Å². The largest absolute Gasteiger partial charge is 0.477 e. The Balaban J connectivity index is 0.00000150. The van der Waals surface area contributed by atoms with Crippen molar-refractivity contribution in [3.8, 4) is 0 Å². The molecule has 1 aromatic heterocycles. The molecule has 0 unspecified atom stereocenters. The fourth-order valence-corrected chi connectivity index (χ4v) is 4.38. The van der Waals surface area contributed by atoms with Crippen LogP contribution in [0.1, 0.15) is 23.2 Å². The van der Waals surface area contributed by atoms with E-state index < -0.39 is 29.5 Å². The van der Waals surface area contributed by atoms with Crippen molar-refractivity contribution in [1.29, 1.82) is 0 Å². The third-order valence-corrected chi connectivity index (χ3v) is 5.89. The molecule has 0 amide bonds. The molecule has 2 aliphatic heterocycles.